The molecule has 0 amide bonds. The van der Waals surface area contributed by atoms with Gasteiger partial charge in [0.25, 0.3) is 0 Å². The van der Waals surface area contributed by atoms with Gasteiger partial charge in [-0.25, -0.2) is 0 Å². The minimum Gasteiger partial charge on any atom is -0.396 e. The summed E-state index contributed by atoms with van der Waals surface area (Å²) in [5.41, 5.74) is 0. The first-order valence-electron chi connectivity index (χ1n) is 3.79. The maximum atomic E-state index is 8.58. The first kappa shape index (κ1) is 10.6. The minimum atomic E-state index is -0.0389. The van der Waals surface area contributed by atoms with Gasteiger partial charge in [0, 0.05) is 13.2 Å². The average molecular weight is 160 g/mol. The molecular weight excluding hydrogens is 144 g/mol. The van der Waals surface area contributed by atoms with Crippen molar-refractivity contribution in [3.8, 4) is 0 Å². The first-order chi connectivity index (χ1) is 5.35. The standard InChI is InChI=1S/C8H16O3/c1-2-7-11-8(3-5-9)4-6-10/h2,8-10H,1,3-7H2. The predicted octanol–water partition coefficient (Wildman–Crippen LogP) is 0.322. The molecule has 66 valence electrons. The van der Waals surface area contributed by atoms with E-state index >= 15 is 0 Å². The normalized spacial score (nSPS) is 10.5. The van der Waals surface area contributed by atoms with Crippen molar-refractivity contribution in [1.29, 1.82) is 0 Å². The summed E-state index contributed by atoms with van der Waals surface area (Å²) in [6.07, 6.45) is 2.77. The number of aliphatic hydroxyl groups excluding tert-OH is 2. The van der Waals surface area contributed by atoms with E-state index in [0.717, 1.165) is 0 Å². The van der Waals surface area contributed by atoms with E-state index in [-0.39, 0.29) is 19.3 Å². The fourth-order valence-electron chi connectivity index (χ4n) is 0.803. The van der Waals surface area contributed by atoms with E-state index < -0.39 is 0 Å². The monoisotopic (exact) mass is 160 g/mol. The lowest BCUT2D eigenvalue weighted by molar-refractivity contribution is 0.0362. The van der Waals surface area contributed by atoms with Crippen molar-refractivity contribution in [2.45, 2.75) is 18.9 Å². The Bertz CT molecular complexity index is 87.3. The molecule has 0 aromatic rings. The van der Waals surface area contributed by atoms with Gasteiger partial charge in [-0.05, 0) is 12.8 Å². The molecule has 0 aliphatic heterocycles. The highest BCUT2D eigenvalue weighted by Crippen LogP contribution is 2.02. The third kappa shape index (κ3) is 6.04. The van der Waals surface area contributed by atoms with E-state index in [9.17, 15) is 0 Å². The van der Waals surface area contributed by atoms with Crippen LogP contribution in [0.3, 0.4) is 0 Å². The zero-order valence-electron chi connectivity index (χ0n) is 6.70. The van der Waals surface area contributed by atoms with Crippen molar-refractivity contribution < 1.29 is 14.9 Å². The summed E-state index contributed by atoms with van der Waals surface area (Å²) in [7, 11) is 0. The van der Waals surface area contributed by atoms with Crippen LogP contribution in [0.5, 0.6) is 0 Å². The Morgan fingerprint density at radius 1 is 1.27 bits per heavy atom. The molecule has 0 rings (SSSR count). The van der Waals surface area contributed by atoms with Crippen molar-refractivity contribution in [2.75, 3.05) is 19.8 Å². The molecule has 0 atom stereocenters. The molecule has 0 bridgehead atoms. The topological polar surface area (TPSA) is 49.7 Å². The molecule has 3 heteroatoms. The maximum Gasteiger partial charge on any atom is 0.0648 e. The van der Waals surface area contributed by atoms with Crippen molar-refractivity contribution >= 4 is 0 Å². The second kappa shape index (κ2) is 7.72. The Morgan fingerprint density at radius 2 is 1.82 bits per heavy atom. The summed E-state index contributed by atoms with van der Waals surface area (Å²) < 4.78 is 5.23. The van der Waals surface area contributed by atoms with Crippen LogP contribution >= 0.6 is 0 Å². The van der Waals surface area contributed by atoms with Gasteiger partial charge in [-0.3, -0.25) is 0 Å². The zero-order chi connectivity index (χ0) is 8.53. The zero-order valence-corrected chi connectivity index (χ0v) is 6.70. The highest BCUT2D eigenvalue weighted by atomic mass is 16.5. The lowest BCUT2D eigenvalue weighted by Crippen LogP contribution is -2.16. The molecule has 0 saturated carbocycles. The lowest BCUT2D eigenvalue weighted by Gasteiger charge is -2.13. The van der Waals surface area contributed by atoms with E-state index in [2.05, 4.69) is 6.58 Å². The molecule has 0 spiro atoms. The summed E-state index contributed by atoms with van der Waals surface area (Å²) in [6.45, 7) is 4.18. The van der Waals surface area contributed by atoms with Crippen LogP contribution in [0.2, 0.25) is 0 Å². The summed E-state index contributed by atoms with van der Waals surface area (Å²) in [5, 5.41) is 17.2. The first-order valence-corrected chi connectivity index (χ1v) is 3.79. The average Bonchev–Trinajstić information content (AvgIpc) is 2.01. The molecular formula is C8H16O3. The Balaban J connectivity index is 3.41. The third-order valence-electron chi connectivity index (χ3n) is 1.35. The van der Waals surface area contributed by atoms with Crippen LogP contribution in [-0.2, 0) is 4.74 Å². The fraction of sp³-hybridized carbons (Fsp3) is 0.750. The number of aliphatic hydroxyl groups is 2. The Morgan fingerprint density at radius 3 is 2.18 bits per heavy atom. The van der Waals surface area contributed by atoms with E-state index in [1.54, 1.807) is 6.08 Å². The number of hydrogen-bond acceptors (Lipinski definition) is 3. The van der Waals surface area contributed by atoms with Gasteiger partial charge in [0.1, 0.15) is 0 Å². The molecule has 0 unspecified atom stereocenters. The van der Waals surface area contributed by atoms with Crippen molar-refractivity contribution in [1.82, 2.24) is 0 Å². The van der Waals surface area contributed by atoms with Gasteiger partial charge in [0.2, 0.25) is 0 Å². The van der Waals surface area contributed by atoms with Gasteiger partial charge >= 0.3 is 0 Å². The molecule has 0 saturated heterocycles. The molecule has 3 nitrogen and oxygen atoms in total. The molecule has 0 aromatic heterocycles. The van der Waals surface area contributed by atoms with Gasteiger partial charge in [-0.15, -0.1) is 6.58 Å². The largest absolute Gasteiger partial charge is 0.396 e. The van der Waals surface area contributed by atoms with Crippen LogP contribution in [0.15, 0.2) is 12.7 Å². The van der Waals surface area contributed by atoms with E-state index in [0.29, 0.717) is 19.4 Å². The summed E-state index contributed by atoms with van der Waals surface area (Å²) in [4.78, 5) is 0. The summed E-state index contributed by atoms with van der Waals surface area (Å²) >= 11 is 0. The number of ether oxygens (including phenoxy) is 1. The van der Waals surface area contributed by atoms with Crippen molar-refractivity contribution in [3.05, 3.63) is 12.7 Å². The molecule has 0 heterocycles. The van der Waals surface area contributed by atoms with Gasteiger partial charge in [-0.1, -0.05) is 6.08 Å². The van der Waals surface area contributed by atoms with Crippen LogP contribution in [0, 0.1) is 0 Å². The molecule has 11 heavy (non-hydrogen) atoms. The quantitative estimate of drug-likeness (QED) is 0.527. The SMILES string of the molecule is C=CCOC(CCO)CCO. The fourth-order valence-corrected chi connectivity index (χ4v) is 0.803. The smallest absolute Gasteiger partial charge is 0.0648 e. The highest BCUT2D eigenvalue weighted by Gasteiger charge is 2.05. The van der Waals surface area contributed by atoms with Crippen molar-refractivity contribution in [3.63, 3.8) is 0 Å². The Labute approximate surface area is 67.3 Å². The molecule has 2 N–H and O–H groups in total. The molecule has 0 fully saturated rings. The maximum absolute atomic E-state index is 8.58. The molecule has 0 aliphatic rings. The van der Waals surface area contributed by atoms with Crippen LogP contribution in [0.1, 0.15) is 12.8 Å². The molecule has 0 radical (unpaired) electrons. The van der Waals surface area contributed by atoms with Gasteiger partial charge in [0.05, 0.1) is 12.7 Å². The van der Waals surface area contributed by atoms with Gasteiger partial charge in [-0.2, -0.15) is 0 Å². The van der Waals surface area contributed by atoms with Gasteiger partial charge < -0.3 is 14.9 Å². The molecule has 0 aromatic carbocycles. The highest BCUT2D eigenvalue weighted by molar-refractivity contribution is 4.66. The van der Waals surface area contributed by atoms with E-state index in [1.807, 2.05) is 0 Å². The lowest BCUT2D eigenvalue weighted by atomic mass is 10.2. The van der Waals surface area contributed by atoms with E-state index in [4.69, 9.17) is 14.9 Å². The van der Waals surface area contributed by atoms with Crippen LogP contribution < -0.4 is 0 Å². The second-order valence-corrected chi connectivity index (χ2v) is 2.27. The van der Waals surface area contributed by atoms with Crippen molar-refractivity contribution in [2.24, 2.45) is 0 Å². The summed E-state index contributed by atoms with van der Waals surface area (Å²) in [6, 6.07) is 0. The Kier molecular flexibility index (Phi) is 7.46. The second-order valence-electron chi connectivity index (χ2n) is 2.27. The van der Waals surface area contributed by atoms with Crippen LogP contribution in [0.25, 0.3) is 0 Å². The molecule has 0 aliphatic carbocycles. The van der Waals surface area contributed by atoms with Crippen LogP contribution in [-0.4, -0.2) is 36.1 Å². The summed E-state index contributed by atoms with van der Waals surface area (Å²) in [5.74, 6) is 0. The number of rotatable bonds is 7. The Hall–Kier alpha value is -0.380. The third-order valence-corrected chi connectivity index (χ3v) is 1.35. The predicted molar refractivity (Wildman–Crippen MR) is 43.3 cm³/mol. The minimum absolute atomic E-state index is 0.0389. The van der Waals surface area contributed by atoms with Crippen LogP contribution in [0.4, 0.5) is 0 Å². The van der Waals surface area contributed by atoms with Gasteiger partial charge in [0.15, 0.2) is 0 Å². The number of hydrogen-bond donors (Lipinski definition) is 2. The van der Waals surface area contributed by atoms with E-state index in [1.165, 1.54) is 0 Å².